The Morgan fingerprint density at radius 3 is 2.54 bits per heavy atom. The van der Waals surface area contributed by atoms with Crippen molar-refractivity contribution in [3.63, 3.8) is 0 Å². The van der Waals surface area contributed by atoms with Crippen LogP contribution in [0.1, 0.15) is 12.0 Å². The van der Waals surface area contributed by atoms with E-state index in [4.69, 9.17) is 0 Å². The number of nitrogens with zero attached hydrogens (tertiary/aromatic N) is 3. The Morgan fingerprint density at radius 1 is 1.04 bits per heavy atom. The van der Waals surface area contributed by atoms with Crippen LogP contribution in [0.15, 0.2) is 48.8 Å². The number of rotatable bonds is 6. The molecule has 1 aromatic heterocycles. The highest BCUT2D eigenvalue weighted by atomic mass is 16.2. The zero-order valence-electron chi connectivity index (χ0n) is 16.3. The Bertz CT molecular complexity index is 742. The first-order valence-electron chi connectivity index (χ1n) is 10.3. The summed E-state index contributed by atoms with van der Waals surface area (Å²) in [5.41, 5.74) is 1.37. The van der Waals surface area contributed by atoms with Gasteiger partial charge in [-0.25, -0.2) is 9.97 Å². The minimum atomic E-state index is 0.186. The van der Waals surface area contributed by atoms with Crippen LogP contribution in [-0.2, 0) is 11.3 Å². The van der Waals surface area contributed by atoms with Gasteiger partial charge in [0.25, 0.3) is 5.91 Å². The molecule has 1 unspecified atom stereocenters. The highest BCUT2D eigenvalue weighted by Gasteiger charge is 2.29. The Hall–Kier alpha value is -2.51. The SMILES string of the molecule is O=C(C[NH+]1CCN(c2ncccn2)CC1)N[C@H]1CC[NH+](Cc2ccccc2)C1. The van der Waals surface area contributed by atoms with Crippen LogP contribution in [0, 0.1) is 0 Å². The van der Waals surface area contributed by atoms with Gasteiger partial charge in [0.05, 0.1) is 45.3 Å². The molecule has 2 aromatic rings. The zero-order chi connectivity index (χ0) is 19.2. The lowest BCUT2D eigenvalue weighted by molar-refractivity contribution is -0.901. The molecule has 2 atom stereocenters. The molecule has 0 aliphatic carbocycles. The van der Waals surface area contributed by atoms with E-state index in [1.165, 1.54) is 10.5 Å². The number of quaternary nitrogens is 2. The van der Waals surface area contributed by atoms with Crippen LogP contribution in [0.5, 0.6) is 0 Å². The average molecular weight is 383 g/mol. The van der Waals surface area contributed by atoms with Crippen molar-refractivity contribution in [3.05, 3.63) is 54.4 Å². The predicted molar refractivity (Wildman–Crippen MR) is 107 cm³/mol. The van der Waals surface area contributed by atoms with Gasteiger partial charge in [-0.1, -0.05) is 30.3 Å². The van der Waals surface area contributed by atoms with E-state index < -0.39 is 0 Å². The number of amides is 1. The van der Waals surface area contributed by atoms with Crippen molar-refractivity contribution in [1.82, 2.24) is 15.3 Å². The quantitative estimate of drug-likeness (QED) is 0.549. The lowest BCUT2D eigenvalue weighted by Crippen LogP contribution is -3.16. The van der Waals surface area contributed by atoms with Crippen LogP contribution in [0.2, 0.25) is 0 Å². The summed E-state index contributed by atoms with van der Waals surface area (Å²) in [5.74, 6) is 0.976. The fourth-order valence-corrected chi connectivity index (χ4v) is 4.26. The average Bonchev–Trinajstić information content (AvgIpc) is 3.16. The van der Waals surface area contributed by atoms with Gasteiger partial charge in [0, 0.05) is 24.4 Å². The van der Waals surface area contributed by atoms with E-state index in [2.05, 4.69) is 50.5 Å². The second-order valence-corrected chi connectivity index (χ2v) is 7.88. The first-order valence-corrected chi connectivity index (χ1v) is 10.3. The maximum absolute atomic E-state index is 12.5. The minimum Gasteiger partial charge on any atom is -0.343 e. The topological polar surface area (TPSA) is 67.0 Å². The second kappa shape index (κ2) is 9.12. The highest BCUT2D eigenvalue weighted by molar-refractivity contribution is 5.77. The smallest absolute Gasteiger partial charge is 0.275 e. The fourth-order valence-electron chi connectivity index (χ4n) is 4.26. The molecule has 2 fully saturated rings. The molecular weight excluding hydrogens is 352 g/mol. The largest absolute Gasteiger partial charge is 0.343 e. The van der Waals surface area contributed by atoms with Crippen LogP contribution in [0.3, 0.4) is 0 Å². The molecule has 28 heavy (non-hydrogen) atoms. The molecule has 7 heteroatoms. The van der Waals surface area contributed by atoms with Gasteiger partial charge >= 0.3 is 0 Å². The standard InChI is InChI=1S/C21H28N6O/c28-20(17-25-11-13-27(14-12-25)21-22-8-4-9-23-21)24-19-7-10-26(16-19)15-18-5-2-1-3-6-18/h1-6,8-9,19H,7,10-17H2,(H,24,28)/p+2/t19-/m0/s1. The molecule has 3 N–H and O–H groups in total. The lowest BCUT2D eigenvalue weighted by atomic mass is 10.2. The van der Waals surface area contributed by atoms with Gasteiger partial charge < -0.3 is 20.0 Å². The second-order valence-electron chi connectivity index (χ2n) is 7.88. The first-order chi connectivity index (χ1) is 13.8. The van der Waals surface area contributed by atoms with Crippen LogP contribution >= 0.6 is 0 Å². The molecule has 0 radical (unpaired) electrons. The van der Waals surface area contributed by atoms with E-state index in [1.807, 2.05) is 6.07 Å². The molecule has 3 heterocycles. The van der Waals surface area contributed by atoms with Crippen molar-refractivity contribution in [3.8, 4) is 0 Å². The Balaban J connectivity index is 1.17. The normalized spacial score (nSPS) is 22.9. The number of piperazine rings is 1. The predicted octanol–water partition coefficient (Wildman–Crippen LogP) is -1.84. The molecule has 148 valence electrons. The third-order valence-electron chi connectivity index (χ3n) is 5.76. The van der Waals surface area contributed by atoms with E-state index >= 15 is 0 Å². The summed E-state index contributed by atoms with van der Waals surface area (Å²) in [6.07, 6.45) is 4.63. The van der Waals surface area contributed by atoms with Gasteiger partial charge in [0.2, 0.25) is 5.95 Å². The Labute approximate surface area is 166 Å². The van der Waals surface area contributed by atoms with Crippen molar-refractivity contribution >= 4 is 11.9 Å². The molecule has 2 aliphatic heterocycles. The summed E-state index contributed by atoms with van der Waals surface area (Å²) in [7, 11) is 0. The minimum absolute atomic E-state index is 0.186. The summed E-state index contributed by atoms with van der Waals surface area (Å²) < 4.78 is 0. The van der Waals surface area contributed by atoms with Crippen LogP contribution in [-0.4, -0.2) is 67.7 Å². The maximum Gasteiger partial charge on any atom is 0.275 e. The van der Waals surface area contributed by atoms with Gasteiger partial charge in [0.1, 0.15) is 6.54 Å². The molecule has 0 bridgehead atoms. The van der Waals surface area contributed by atoms with E-state index in [9.17, 15) is 4.79 Å². The molecule has 0 saturated carbocycles. The van der Waals surface area contributed by atoms with Crippen molar-refractivity contribution in [2.75, 3.05) is 50.7 Å². The number of anilines is 1. The van der Waals surface area contributed by atoms with Gasteiger partial charge in [0.15, 0.2) is 6.54 Å². The van der Waals surface area contributed by atoms with Gasteiger partial charge in [-0.2, -0.15) is 0 Å². The summed E-state index contributed by atoms with van der Waals surface area (Å²) in [4.78, 5) is 26.2. The number of likely N-dealkylation sites (tertiary alicyclic amines) is 1. The van der Waals surface area contributed by atoms with E-state index in [-0.39, 0.29) is 5.91 Å². The van der Waals surface area contributed by atoms with Gasteiger partial charge in [-0.05, 0) is 6.07 Å². The molecule has 0 spiro atoms. The Kier molecular flexibility index (Phi) is 6.14. The molecular formula is C21H30N6O+2. The number of carbonyl (C=O) groups excluding carboxylic acids is 1. The van der Waals surface area contributed by atoms with E-state index in [0.29, 0.717) is 12.6 Å². The van der Waals surface area contributed by atoms with Crippen molar-refractivity contribution < 1.29 is 14.6 Å². The van der Waals surface area contributed by atoms with Gasteiger partial charge in [-0.3, -0.25) is 4.79 Å². The summed E-state index contributed by atoms with van der Waals surface area (Å²) in [6.45, 7) is 7.44. The highest BCUT2D eigenvalue weighted by Crippen LogP contribution is 2.04. The monoisotopic (exact) mass is 382 g/mol. The van der Waals surface area contributed by atoms with Crippen LogP contribution in [0.4, 0.5) is 5.95 Å². The van der Waals surface area contributed by atoms with E-state index in [1.54, 1.807) is 17.3 Å². The van der Waals surface area contributed by atoms with Crippen molar-refractivity contribution in [1.29, 1.82) is 0 Å². The fraction of sp³-hybridized carbons (Fsp3) is 0.476. The number of benzene rings is 1. The Morgan fingerprint density at radius 2 is 1.79 bits per heavy atom. The van der Waals surface area contributed by atoms with Crippen molar-refractivity contribution in [2.45, 2.75) is 19.0 Å². The summed E-state index contributed by atoms with van der Waals surface area (Å²) in [6, 6.07) is 12.8. The van der Waals surface area contributed by atoms with Gasteiger partial charge in [-0.15, -0.1) is 0 Å². The number of hydrogen-bond donors (Lipinski definition) is 3. The zero-order valence-corrected chi connectivity index (χ0v) is 16.3. The molecule has 2 aliphatic rings. The molecule has 1 aromatic carbocycles. The number of aromatic nitrogens is 2. The third kappa shape index (κ3) is 5.05. The lowest BCUT2D eigenvalue weighted by Gasteiger charge is -2.31. The summed E-state index contributed by atoms with van der Waals surface area (Å²) in [5, 5.41) is 3.27. The first kappa shape index (κ1) is 18.8. The molecule has 1 amide bonds. The molecule has 2 saturated heterocycles. The molecule has 7 nitrogen and oxygen atoms in total. The van der Waals surface area contributed by atoms with Crippen LogP contribution in [0.25, 0.3) is 0 Å². The number of nitrogens with one attached hydrogen (secondary N) is 3. The maximum atomic E-state index is 12.5. The summed E-state index contributed by atoms with van der Waals surface area (Å²) >= 11 is 0. The van der Waals surface area contributed by atoms with Crippen LogP contribution < -0.4 is 20.0 Å². The van der Waals surface area contributed by atoms with Crippen molar-refractivity contribution in [2.24, 2.45) is 0 Å². The van der Waals surface area contributed by atoms with E-state index in [0.717, 1.165) is 58.2 Å². The number of carbonyl (C=O) groups is 1. The number of hydrogen-bond acceptors (Lipinski definition) is 4. The third-order valence-corrected chi connectivity index (χ3v) is 5.76. The molecule has 4 rings (SSSR count).